The Morgan fingerprint density at radius 1 is 1.12 bits per heavy atom. The number of nitrogens with one attached hydrogen (secondary N) is 1. The summed E-state index contributed by atoms with van der Waals surface area (Å²) in [5, 5.41) is 3.59. The van der Waals surface area contributed by atoms with Gasteiger partial charge in [0, 0.05) is 5.56 Å². The van der Waals surface area contributed by atoms with Crippen LogP contribution in [-0.4, -0.2) is 24.8 Å². The van der Waals surface area contributed by atoms with Crippen molar-refractivity contribution in [1.29, 1.82) is 0 Å². The number of alkyl halides is 3. The first-order chi connectivity index (χ1) is 11.9. The summed E-state index contributed by atoms with van der Waals surface area (Å²) in [6.45, 7) is -0.0164. The van der Waals surface area contributed by atoms with E-state index >= 15 is 0 Å². The van der Waals surface area contributed by atoms with Crippen LogP contribution in [0.15, 0.2) is 53.6 Å². The van der Waals surface area contributed by atoms with Crippen molar-refractivity contribution in [3.05, 3.63) is 59.7 Å². The zero-order chi connectivity index (χ0) is 17.9. The molecule has 0 aliphatic carbocycles. The first-order valence-corrected chi connectivity index (χ1v) is 7.33. The third kappa shape index (κ3) is 3.90. The number of benzene rings is 2. The molecule has 8 heteroatoms. The van der Waals surface area contributed by atoms with E-state index in [1.165, 1.54) is 18.2 Å². The second-order valence-corrected chi connectivity index (χ2v) is 5.18. The first kappa shape index (κ1) is 16.8. The first-order valence-electron chi connectivity index (χ1n) is 7.33. The van der Waals surface area contributed by atoms with E-state index in [1.54, 1.807) is 24.3 Å². The molecular formula is C17H13F3N2O3. The van der Waals surface area contributed by atoms with Crippen molar-refractivity contribution in [2.75, 3.05) is 6.61 Å². The quantitative estimate of drug-likeness (QED) is 0.684. The fourth-order valence-electron chi connectivity index (χ4n) is 2.25. The van der Waals surface area contributed by atoms with E-state index in [0.717, 1.165) is 12.3 Å². The van der Waals surface area contributed by atoms with Crippen molar-refractivity contribution in [3.8, 4) is 11.5 Å². The van der Waals surface area contributed by atoms with E-state index in [0.29, 0.717) is 11.5 Å². The van der Waals surface area contributed by atoms with E-state index in [9.17, 15) is 18.0 Å². The zero-order valence-electron chi connectivity index (χ0n) is 12.8. The molecule has 5 nitrogen and oxygen atoms in total. The normalized spacial score (nSPS) is 16.7. The topological polar surface area (TPSA) is 59.9 Å². The van der Waals surface area contributed by atoms with Crippen LogP contribution in [0, 0.1) is 0 Å². The summed E-state index contributed by atoms with van der Waals surface area (Å²) in [5.74, 6) is 0.324. The molecule has 0 saturated carbocycles. The average molecular weight is 350 g/mol. The number of ether oxygens (including phenoxy) is 2. The molecule has 1 amide bonds. The van der Waals surface area contributed by atoms with E-state index < -0.39 is 23.8 Å². The van der Waals surface area contributed by atoms with Crippen LogP contribution in [0.4, 0.5) is 13.2 Å². The van der Waals surface area contributed by atoms with E-state index in [4.69, 9.17) is 9.47 Å². The van der Waals surface area contributed by atoms with Gasteiger partial charge >= 0.3 is 6.18 Å². The fraction of sp³-hybridized carbons (Fsp3) is 0.176. The largest absolute Gasteiger partial charge is 0.485 e. The van der Waals surface area contributed by atoms with Gasteiger partial charge < -0.3 is 9.47 Å². The number of carbonyl (C=O) groups excluding carboxylic acids is 1. The maximum absolute atomic E-state index is 12.9. The van der Waals surface area contributed by atoms with Gasteiger partial charge in [0.25, 0.3) is 5.91 Å². The van der Waals surface area contributed by atoms with Crippen LogP contribution in [0.1, 0.15) is 11.1 Å². The van der Waals surface area contributed by atoms with Crippen molar-refractivity contribution in [2.24, 2.45) is 5.10 Å². The summed E-state index contributed by atoms with van der Waals surface area (Å²) in [6, 6.07) is 11.8. The van der Waals surface area contributed by atoms with Crippen molar-refractivity contribution < 1.29 is 27.4 Å². The number of nitrogens with zero attached hydrogens (tertiary/aromatic N) is 1. The predicted molar refractivity (Wildman–Crippen MR) is 83.5 cm³/mol. The van der Waals surface area contributed by atoms with Gasteiger partial charge in [-0.05, 0) is 18.2 Å². The van der Waals surface area contributed by atoms with Crippen LogP contribution in [0.25, 0.3) is 0 Å². The molecule has 1 aliphatic rings. The minimum absolute atomic E-state index is 0.0164. The minimum atomic E-state index is -4.50. The Morgan fingerprint density at radius 3 is 2.56 bits per heavy atom. The molecule has 0 saturated heterocycles. The standard InChI is InChI=1S/C17H13F3N2O3/c18-17(19,20)12-6-2-1-5-11(12)9-21-22-16(23)15-10-24-13-7-3-4-8-14(13)25-15/h1-9,15H,10H2,(H,22,23)/b21-9-/t15-/m1/s1. The zero-order valence-corrected chi connectivity index (χ0v) is 12.8. The van der Waals surface area contributed by atoms with Gasteiger partial charge in [0.05, 0.1) is 11.8 Å². The van der Waals surface area contributed by atoms with Gasteiger partial charge in [-0.3, -0.25) is 4.79 Å². The molecule has 0 bridgehead atoms. The Bertz CT molecular complexity index is 806. The third-order valence-corrected chi connectivity index (χ3v) is 3.45. The van der Waals surface area contributed by atoms with Gasteiger partial charge in [0.15, 0.2) is 11.5 Å². The molecule has 1 atom stereocenters. The highest BCUT2D eigenvalue weighted by atomic mass is 19.4. The summed E-state index contributed by atoms with van der Waals surface area (Å²) < 4.78 is 49.5. The van der Waals surface area contributed by atoms with Crippen molar-refractivity contribution >= 4 is 12.1 Å². The van der Waals surface area contributed by atoms with Crippen molar-refractivity contribution in [2.45, 2.75) is 12.3 Å². The SMILES string of the molecule is O=C(N/N=C\c1ccccc1C(F)(F)F)[C@H]1COc2ccccc2O1. The Labute approximate surface area is 141 Å². The number of halogens is 3. The van der Waals surface area contributed by atoms with Gasteiger partial charge in [-0.15, -0.1) is 0 Å². The van der Waals surface area contributed by atoms with Crippen LogP contribution in [0.2, 0.25) is 0 Å². The lowest BCUT2D eigenvalue weighted by atomic mass is 10.1. The van der Waals surface area contributed by atoms with Crippen LogP contribution in [0.5, 0.6) is 11.5 Å². The smallest absolute Gasteiger partial charge is 0.417 e. The molecule has 2 aromatic rings. The second kappa shape index (κ2) is 6.84. The van der Waals surface area contributed by atoms with Gasteiger partial charge in [0.1, 0.15) is 6.61 Å². The van der Waals surface area contributed by atoms with Crippen LogP contribution >= 0.6 is 0 Å². The summed E-state index contributed by atoms with van der Waals surface area (Å²) in [5.41, 5.74) is 1.18. The Hall–Kier alpha value is -3.03. The van der Waals surface area contributed by atoms with E-state index in [2.05, 4.69) is 10.5 Å². The molecule has 130 valence electrons. The lowest BCUT2D eigenvalue weighted by molar-refractivity contribution is -0.137. The molecule has 0 aromatic heterocycles. The van der Waals surface area contributed by atoms with Crippen molar-refractivity contribution in [1.82, 2.24) is 5.43 Å². The van der Waals surface area contributed by atoms with E-state index in [1.807, 2.05) is 0 Å². The lowest BCUT2D eigenvalue weighted by Gasteiger charge is -2.24. The summed E-state index contributed by atoms with van der Waals surface area (Å²) in [7, 11) is 0. The predicted octanol–water partition coefficient (Wildman–Crippen LogP) is 3.00. The molecule has 0 fully saturated rings. The van der Waals surface area contributed by atoms with Crippen LogP contribution in [0.3, 0.4) is 0 Å². The van der Waals surface area contributed by atoms with Gasteiger partial charge in [0.2, 0.25) is 6.10 Å². The lowest BCUT2D eigenvalue weighted by Crippen LogP contribution is -2.42. The maximum atomic E-state index is 12.9. The fourth-order valence-corrected chi connectivity index (χ4v) is 2.25. The molecule has 2 aromatic carbocycles. The minimum Gasteiger partial charge on any atom is -0.485 e. The molecule has 0 spiro atoms. The molecule has 0 radical (unpaired) electrons. The maximum Gasteiger partial charge on any atom is 0.417 e. The van der Waals surface area contributed by atoms with Crippen LogP contribution in [-0.2, 0) is 11.0 Å². The molecule has 1 heterocycles. The number of carbonyl (C=O) groups is 1. The molecule has 3 rings (SSSR count). The average Bonchev–Trinajstić information content (AvgIpc) is 2.60. The molecule has 1 aliphatic heterocycles. The number of hydrogen-bond donors (Lipinski definition) is 1. The number of hydrogen-bond acceptors (Lipinski definition) is 4. The number of amides is 1. The Kier molecular flexibility index (Phi) is 4.60. The van der Waals surface area contributed by atoms with Crippen molar-refractivity contribution in [3.63, 3.8) is 0 Å². The van der Waals surface area contributed by atoms with E-state index in [-0.39, 0.29) is 12.2 Å². The summed E-state index contributed by atoms with van der Waals surface area (Å²) >= 11 is 0. The van der Waals surface area contributed by atoms with Gasteiger partial charge in [-0.1, -0.05) is 30.3 Å². The number of para-hydroxylation sites is 2. The summed E-state index contributed by atoms with van der Waals surface area (Å²) in [4.78, 5) is 12.0. The highest BCUT2D eigenvalue weighted by Gasteiger charge is 2.32. The Balaban J connectivity index is 1.65. The molecule has 0 unspecified atom stereocenters. The second-order valence-electron chi connectivity index (χ2n) is 5.18. The van der Waals surface area contributed by atoms with Crippen LogP contribution < -0.4 is 14.9 Å². The monoisotopic (exact) mass is 350 g/mol. The highest BCUT2D eigenvalue weighted by Crippen LogP contribution is 2.31. The van der Waals surface area contributed by atoms with Gasteiger partial charge in [-0.2, -0.15) is 18.3 Å². The Morgan fingerprint density at radius 2 is 1.80 bits per heavy atom. The summed E-state index contributed by atoms with van der Waals surface area (Å²) in [6.07, 6.45) is -4.50. The van der Waals surface area contributed by atoms with Gasteiger partial charge in [-0.25, -0.2) is 5.43 Å². The number of hydrazone groups is 1. The molecular weight excluding hydrogens is 337 g/mol. The highest BCUT2D eigenvalue weighted by molar-refractivity contribution is 5.86. The third-order valence-electron chi connectivity index (χ3n) is 3.45. The number of rotatable bonds is 3. The molecule has 25 heavy (non-hydrogen) atoms. The number of fused-ring (bicyclic) bond motifs is 1. The molecule has 1 N–H and O–H groups in total.